The summed E-state index contributed by atoms with van der Waals surface area (Å²) < 4.78 is 16.9. The van der Waals surface area contributed by atoms with Crippen molar-refractivity contribution >= 4 is 17.9 Å². The lowest BCUT2D eigenvalue weighted by atomic mass is 10.0. The summed E-state index contributed by atoms with van der Waals surface area (Å²) in [7, 11) is 0. The third-order valence-electron chi connectivity index (χ3n) is 12.8. The highest BCUT2D eigenvalue weighted by Gasteiger charge is 2.19. The minimum Gasteiger partial charge on any atom is -0.462 e. The second-order valence-electron chi connectivity index (χ2n) is 19.6. The molecule has 0 saturated heterocycles. The van der Waals surface area contributed by atoms with Gasteiger partial charge in [0, 0.05) is 19.3 Å². The summed E-state index contributed by atoms with van der Waals surface area (Å²) in [6, 6.07) is 0. The highest BCUT2D eigenvalue weighted by Crippen LogP contribution is 2.16. The van der Waals surface area contributed by atoms with Crippen LogP contribution < -0.4 is 0 Å². The van der Waals surface area contributed by atoms with E-state index in [4.69, 9.17) is 14.2 Å². The zero-order chi connectivity index (χ0) is 48.6. The van der Waals surface area contributed by atoms with Gasteiger partial charge in [0.25, 0.3) is 0 Å². The number of carbonyl (C=O) groups is 3. The number of esters is 3. The Hall–Kier alpha value is -2.63. The van der Waals surface area contributed by atoms with Gasteiger partial charge >= 0.3 is 17.9 Å². The lowest BCUT2D eigenvalue weighted by Gasteiger charge is -2.18. The molecule has 0 aliphatic carbocycles. The van der Waals surface area contributed by atoms with E-state index in [2.05, 4.69) is 69.4 Å². The Morgan fingerprint density at radius 3 is 0.896 bits per heavy atom. The van der Waals surface area contributed by atoms with Crippen LogP contribution in [0.25, 0.3) is 0 Å². The van der Waals surface area contributed by atoms with Crippen LogP contribution in [0.4, 0.5) is 0 Å². The van der Waals surface area contributed by atoms with Crippen molar-refractivity contribution in [3.63, 3.8) is 0 Å². The van der Waals surface area contributed by atoms with E-state index >= 15 is 0 Å². The SMILES string of the molecule is CCC/C=C\C/C=C\CCCCCCCC(=O)OCC(COC(=O)CCCCCCCCCCCCCCCCCCCCCC)OC(=O)CCCCCCC/C=C\C/C=C\CCCCCC. The Labute approximate surface area is 416 Å². The molecular formula is C61H110O6. The molecule has 0 N–H and O–H groups in total. The maximum absolute atomic E-state index is 12.8. The molecule has 1 atom stereocenters. The standard InChI is InChI=1S/C61H110O6/c1-4-7-10-13-16-19-22-25-27-29-30-31-32-34-36-39-42-45-48-51-54-60(63)66-57-58(56-65-59(62)53-50-47-44-41-38-35-24-21-18-15-12-9-6-3)67-61(64)55-52-49-46-43-40-37-33-28-26-23-20-17-14-11-8-5-2/h12,15,20-21,23-24,28,33,58H,4-11,13-14,16-19,22,25-27,29-32,34-57H2,1-3H3/b15-12-,23-20-,24-21-,33-28-. The van der Waals surface area contributed by atoms with Gasteiger partial charge in [0.1, 0.15) is 13.2 Å². The van der Waals surface area contributed by atoms with Gasteiger partial charge in [-0.25, -0.2) is 0 Å². The average Bonchev–Trinajstić information content (AvgIpc) is 3.33. The molecule has 0 rings (SSSR count). The van der Waals surface area contributed by atoms with E-state index in [1.807, 2.05) is 0 Å². The van der Waals surface area contributed by atoms with Crippen LogP contribution in [0.2, 0.25) is 0 Å². The van der Waals surface area contributed by atoms with Crippen molar-refractivity contribution in [2.24, 2.45) is 0 Å². The molecule has 0 aromatic rings. The van der Waals surface area contributed by atoms with Crippen LogP contribution >= 0.6 is 0 Å². The normalized spacial score (nSPS) is 12.3. The predicted octanol–water partition coefficient (Wildman–Crippen LogP) is 19.4. The molecule has 0 bridgehead atoms. The second-order valence-corrected chi connectivity index (χ2v) is 19.6. The summed E-state index contributed by atoms with van der Waals surface area (Å²) in [6.45, 7) is 6.57. The van der Waals surface area contributed by atoms with E-state index in [0.717, 1.165) is 109 Å². The minimum atomic E-state index is -0.784. The zero-order valence-corrected chi connectivity index (χ0v) is 44.7. The molecular weight excluding hydrogens is 829 g/mol. The van der Waals surface area contributed by atoms with Crippen LogP contribution in [-0.4, -0.2) is 37.2 Å². The molecule has 0 radical (unpaired) electrons. The van der Waals surface area contributed by atoms with Crippen LogP contribution in [0.1, 0.15) is 303 Å². The number of carbonyl (C=O) groups excluding carboxylic acids is 3. The number of hydrogen-bond donors (Lipinski definition) is 0. The summed E-state index contributed by atoms with van der Waals surface area (Å²) in [5, 5.41) is 0. The smallest absolute Gasteiger partial charge is 0.306 e. The molecule has 0 spiro atoms. The van der Waals surface area contributed by atoms with Crippen LogP contribution in [0.15, 0.2) is 48.6 Å². The van der Waals surface area contributed by atoms with Gasteiger partial charge < -0.3 is 14.2 Å². The number of unbranched alkanes of at least 4 members (excludes halogenated alkanes) is 34. The fourth-order valence-corrected chi connectivity index (χ4v) is 8.39. The molecule has 0 aromatic heterocycles. The third-order valence-corrected chi connectivity index (χ3v) is 12.8. The lowest BCUT2D eigenvalue weighted by Crippen LogP contribution is -2.30. The highest BCUT2D eigenvalue weighted by molar-refractivity contribution is 5.71. The van der Waals surface area contributed by atoms with Crippen LogP contribution in [0.5, 0.6) is 0 Å². The van der Waals surface area contributed by atoms with E-state index in [9.17, 15) is 14.4 Å². The van der Waals surface area contributed by atoms with Gasteiger partial charge in [0.15, 0.2) is 6.10 Å². The number of hydrogen-bond acceptors (Lipinski definition) is 6. The Bertz CT molecular complexity index is 1170. The number of allylic oxidation sites excluding steroid dienone is 8. The summed E-state index contributed by atoms with van der Waals surface area (Å²) in [6.07, 6.45) is 68.2. The monoisotopic (exact) mass is 939 g/mol. The molecule has 6 nitrogen and oxygen atoms in total. The first-order valence-corrected chi connectivity index (χ1v) is 29.1. The van der Waals surface area contributed by atoms with E-state index in [-0.39, 0.29) is 31.1 Å². The molecule has 0 aromatic carbocycles. The Morgan fingerprint density at radius 1 is 0.299 bits per heavy atom. The average molecular weight is 940 g/mol. The van der Waals surface area contributed by atoms with Crippen LogP contribution in [0, 0.1) is 0 Å². The Kier molecular flexibility index (Phi) is 53.8. The topological polar surface area (TPSA) is 78.9 Å². The first-order valence-electron chi connectivity index (χ1n) is 29.1. The van der Waals surface area contributed by atoms with Gasteiger partial charge in [0.2, 0.25) is 0 Å². The highest BCUT2D eigenvalue weighted by atomic mass is 16.6. The summed E-state index contributed by atoms with van der Waals surface area (Å²) in [5.74, 6) is -0.895. The quantitative estimate of drug-likeness (QED) is 0.0262. The molecule has 0 aliphatic heterocycles. The summed E-state index contributed by atoms with van der Waals surface area (Å²) in [5.41, 5.74) is 0. The molecule has 67 heavy (non-hydrogen) atoms. The molecule has 390 valence electrons. The van der Waals surface area contributed by atoms with Crippen molar-refractivity contribution in [1.82, 2.24) is 0 Å². The minimum absolute atomic E-state index is 0.0806. The molecule has 0 fully saturated rings. The fourth-order valence-electron chi connectivity index (χ4n) is 8.39. The molecule has 0 amide bonds. The Morgan fingerprint density at radius 2 is 0.567 bits per heavy atom. The summed E-state index contributed by atoms with van der Waals surface area (Å²) in [4.78, 5) is 38.1. The van der Waals surface area contributed by atoms with Gasteiger partial charge in [-0.2, -0.15) is 0 Å². The second kappa shape index (κ2) is 56.0. The molecule has 0 aliphatic rings. The van der Waals surface area contributed by atoms with Gasteiger partial charge in [-0.3, -0.25) is 14.4 Å². The van der Waals surface area contributed by atoms with Crippen molar-refractivity contribution < 1.29 is 28.6 Å². The van der Waals surface area contributed by atoms with Crippen molar-refractivity contribution in [3.8, 4) is 0 Å². The Balaban J connectivity index is 4.34. The van der Waals surface area contributed by atoms with Crippen molar-refractivity contribution in [1.29, 1.82) is 0 Å². The van der Waals surface area contributed by atoms with Crippen molar-refractivity contribution in [2.45, 2.75) is 309 Å². The predicted molar refractivity (Wildman–Crippen MR) is 289 cm³/mol. The molecule has 1 unspecified atom stereocenters. The first-order chi connectivity index (χ1) is 33.0. The lowest BCUT2D eigenvalue weighted by molar-refractivity contribution is -0.167. The third kappa shape index (κ3) is 54.2. The maximum Gasteiger partial charge on any atom is 0.306 e. The van der Waals surface area contributed by atoms with Gasteiger partial charge in [0.05, 0.1) is 0 Å². The first kappa shape index (κ1) is 64.4. The maximum atomic E-state index is 12.8. The van der Waals surface area contributed by atoms with E-state index in [1.165, 1.54) is 154 Å². The molecule has 0 heterocycles. The van der Waals surface area contributed by atoms with E-state index in [0.29, 0.717) is 19.3 Å². The number of rotatable bonds is 53. The van der Waals surface area contributed by atoms with Crippen LogP contribution in [-0.2, 0) is 28.6 Å². The van der Waals surface area contributed by atoms with Gasteiger partial charge in [-0.15, -0.1) is 0 Å². The van der Waals surface area contributed by atoms with Gasteiger partial charge in [-0.05, 0) is 77.0 Å². The fraction of sp³-hybridized carbons (Fsp3) is 0.820. The number of ether oxygens (including phenoxy) is 3. The van der Waals surface area contributed by atoms with Crippen LogP contribution in [0.3, 0.4) is 0 Å². The van der Waals surface area contributed by atoms with Crippen molar-refractivity contribution in [3.05, 3.63) is 48.6 Å². The van der Waals surface area contributed by atoms with Gasteiger partial charge in [-0.1, -0.05) is 256 Å². The molecule has 0 saturated carbocycles. The van der Waals surface area contributed by atoms with Crippen molar-refractivity contribution in [2.75, 3.05) is 13.2 Å². The largest absolute Gasteiger partial charge is 0.462 e. The summed E-state index contributed by atoms with van der Waals surface area (Å²) >= 11 is 0. The zero-order valence-electron chi connectivity index (χ0n) is 44.7. The molecule has 6 heteroatoms. The van der Waals surface area contributed by atoms with E-state index in [1.54, 1.807) is 0 Å². The van der Waals surface area contributed by atoms with E-state index < -0.39 is 6.10 Å².